The van der Waals surface area contributed by atoms with Gasteiger partial charge in [-0.05, 0) is 36.8 Å². The van der Waals surface area contributed by atoms with E-state index in [4.69, 9.17) is 19.2 Å². The van der Waals surface area contributed by atoms with Crippen LogP contribution in [0, 0.1) is 0 Å². The second-order valence-electron chi connectivity index (χ2n) is 6.76. The Kier molecular flexibility index (Phi) is 5.22. The van der Waals surface area contributed by atoms with Gasteiger partial charge in [0.1, 0.15) is 12.4 Å². The number of fused-ring (bicyclic) bond motifs is 3. The number of methoxy groups -OCH3 is 2. The van der Waals surface area contributed by atoms with Crippen molar-refractivity contribution in [3.8, 4) is 5.75 Å². The predicted molar refractivity (Wildman–Crippen MR) is 110 cm³/mol. The molecule has 3 aromatic rings. The summed E-state index contributed by atoms with van der Waals surface area (Å²) in [6, 6.07) is 15.2. The summed E-state index contributed by atoms with van der Waals surface area (Å²) >= 11 is 0. The SMILES string of the molecule is COCCOC(=O)C1=C(C)Nc2nc3ccccc3n2[C@H]1c1ccc(OC)cc1. The smallest absolute Gasteiger partial charge is 0.338 e. The van der Waals surface area contributed by atoms with Crippen LogP contribution in [0.25, 0.3) is 11.0 Å². The van der Waals surface area contributed by atoms with Crippen LogP contribution >= 0.6 is 0 Å². The number of esters is 1. The molecule has 1 N–H and O–H groups in total. The first-order chi connectivity index (χ1) is 14.1. The molecule has 1 aliphatic rings. The third kappa shape index (κ3) is 3.45. The van der Waals surface area contributed by atoms with Gasteiger partial charge in [0, 0.05) is 12.8 Å². The van der Waals surface area contributed by atoms with Gasteiger partial charge in [0.05, 0.1) is 36.4 Å². The van der Waals surface area contributed by atoms with E-state index in [1.807, 2.05) is 60.0 Å². The number of benzene rings is 2. The van der Waals surface area contributed by atoms with Gasteiger partial charge >= 0.3 is 5.97 Å². The highest BCUT2D eigenvalue weighted by molar-refractivity contribution is 5.94. The molecule has 0 spiro atoms. The van der Waals surface area contributed by atoms with Crippen LogP contribution in [0.2, 0.25) is 0 Å². The lowest BCUT2D eigenvalue weighted by Crippen LogP contribution is -2.29. The average Bonchev–Trinajstić information content (AvgIpc) is 3.10. The number of allylic oxidation sites excluding steroid dienone is 1. The molecular weight excluding hydrogens is 370 g/mol. The van der Waals surface area contributed by atoms with Gasteiger partial charge in [0.15, 0.2) is 0 Å². The number of nitrogens with zero attached hydrogens (tertiary/aromatic N) is 2. The summed E-state index contributed by atoms with van der Waals surface area (Å²) in [5, 5.41) is 3.27. The lowest BCUT2D eigenvalue weighted by molar-refractivity contribution is -0.140. The number of nitrogens with one attached hydrogen (secondary N) is 1. The summed E-state index contributed by atoms with van der Waals surface area (Å²) in [5.74, 6) is 1.07. The van der Waals surface area contributed by atoms with E-state index < -0.39 is 0 Å². The highest BCUT2D eigenvalue weighted by Gasteiger charge is 2.34. The molecule has 2 aromatic carbocycles. The molecule has 0 bridgehead atoms. The van der Waals surface area contributed by atoms with Crippen molar-refractivity contribution in [1.82, 2.24) is 9.55 Å². The van der Waals surface area contributed by atoms with Gasteiger partial charge in [-0.2, -0.15) is 0 Å². The molecule has 7 heteroatoms. The summed E-state index contributed by atoms with van der Waals surface area (Å²) in [6.07, 6.45) is 0. The van der Waals surface area contributed by atoms with Crippen LogP contribution in [0.3, 0.4) is 0 Å². The predicted octanol–water partition coefficient (Wildman–Crippen LogP) is 3.52. The molecule has 1 aromatic heterocycles. The summed E-state index contributed by atoms with van der Waals surface area (Å²) < 4.78 is 17.8. The Hall–Kier alpha value is -3.32. The third-order valence-corrected chi connectivity index (χ3v) is 5.00. The van der Waals surface area contributed by atoms with Crippen molar-refractivity contribution in [1.29, 1.82) is 0 Å². The van der Waals surface area contributed by atoms with Crippen molar-refractivity contribution in [2.24, 2.45) is 0 Å². The van der Waals surface area contributed by atoms with E-state index in [0.29, 0.717) is 18.1 Å². The monoisotopic (exact) mass is 393 g/mol. The Morgan fingerprint density at radius 1 is 1.10 bits per heavy atom. The standard InChI is InChI=1S/C22H23N3O4/c1-14-19(21(26)29-13-12-27-2)20(15-8-10-16(28-3)11-9-15)25-18-7-5-4-6-17(18)24-22(25)23-14/h4-11,20H,12-13H2,1-3H3,(H,23,24)/t20-/m0/s1. The number of imidazole rings is 1. The largest absolute Gasteiger partial charge is 0.497 e. The molecule has 0 fully saturated rings. The Labute approximate surface area is 168 Å². The van der Waals surface area contributed by atoms with E-state index in [0.717, 1.165) is 28.0 Å². The van der Waals surface area contributed by atoms with Crippen LogP contribution in [0.5, 0.6) is 5.75 Å². The number of para-hydroxylation sites is 2. The number of anilines is 1. The van der Waals surface area contributed by atoms with Crippen LogP contribution in [-0.2, 0) is 14.3 Å². The number of hydrogen-bond donors (Lipinski definition) is 1. The van der Waals surface area contributed by atoms with E-state index >= 15 is 0 Å². The van der Waals surface area contributed by atoms with Crippen LogP contribution < -0.4 is 10.1 Å². The van der Waals surface area contributed by atoms with Crippen LogP contribution in [0.15, 0.2) is 59.8 Å². The molecule has 7 nitrogen and oxygen atoms in total. The number of aromatic nitrogens is 2. The first-order valence-corrected chi connectivity index (χ1v) is 9.38. The molecule has 0 saturated heterocycles. The average molecular weight is 393 g/mol. The molecule has 0 unspecified atom stereocenters. The summed E-state index contributed by atoms with van der Waals surface area (Å²) in [4.78, 5) is 17.7. The van der Waals surface area contributed by atoms with E-state index in [9.17, 15) is 4.79 Å². The molecule has 4 rings (SSSR count). The van der Waals surface area contributed by atoms with E-state index in [1.165, 1.54) is 0 Å². The van der Waals surface area contributed by atoms with Crippen LogP contribution in [0.1, 0.15) is 18.5 Å². The van der Waals surface area contributed by atoms with Gasteiger partial charge in [-0.15, -0.1) is 0 Å². The van der Waals surface area contributed by atoms with Gasteiger partial charge in [0.25, 0.3) is 0 Å². The Bertz CT molecular complexity index is 1070. The molecular formula is C22H23N3O4. The fourth-order valence-corrected chi connectivity index (χ4v) is 3.63. The van der Waals surface area contributed by atoms with Gasteiger partial charge in [-0.25, -0.2) is 9.78 Å². The quantitative estimate of drug-likeness (QED) is 0.510. The van der Waals surface area contributed by atoms with E-state index in [-0.39, 0.29) is 18.6 Å². The minimum atomic E-state index is -0.378. The molecule has 150 valence electrons. The van der Waals surface area contributed by atoms with Gasteiger partial charge in [-0.1, -0.05) is 24.3 Å². The first-order valence-electron chi connectivity index (χ1n) is 9.38. The lowest BCUT2D eigenvalue weighted by atomic mass is 9.95. The zero-order chi connectivity index (χ0) is 20.4. The van der Waals surface area contributed by atoms with Crippen molar-refractivity contribution in [2.75, 3.05) is 32.8 Å². The number of hydrogen-bond acceptors (Lipinski definition) is 6. The number of carbonyl (C=O) groups is 1. The number of rotatable bonds is 6. The molecule has 2 heterocycles. The number of carbonyl (C=O) groups excluding carboxylic acids is 1. The van der Waals surface area contributed by atoms with Gasteiger partial charge in [0.2, 0.25) is 5.95 Å². The second-order valence-corrected chi connectivity index (χ2v) is 6.76. The maximum absolute atomic E-state index is 13.0. The van der Waals surface area contributed by atoms with Crippen molar-refractivity contribution in [2.45, 2.75) is 13.0 Å². The second kappa shape index (κ2) is 7.97. The Morgan fingerprint density at radius 3 is 2.59 bits per heavy atom. The topological polar surface area (TPSA) is 74.6 Å². The molecule has 0 saturated carbocycles. The maximum Gasteiger partial charge on any atom is 0.338 e. The van der Waals surface area contributed by atoms with Crippen LogP contribution in [0.4, 0.5) is 5.95 Å². The van der Waals surface area contributed by atoms with Gasteiger partial charge in [-0.3, -0.25) is 4.57 Å². The molecule has 29 heavy (non-hydrogen) atoms. The summed E-state index contributed by atoms with van der Waals surface area (Å²) in [6.45, 7) is 2.41. The zero-order valence-corrected chi connectivity index (χ0v) is 16.6. The first kappa shape index (κ1) is 19.0. The Balaban J connectivity index is 1.85. The minimum absolute atomic E-state index is 0.193. The van der Waals surface area contributed by atoms with Gasteiger partial charge < -0.3 is 19.5 Å². The molecule has 1 atom stereocenters. The number of ether oxygens (including phenoxy) is 3. The molecule has 0 aliphatic carbocycles. The Morgan fingerprint density at radius 2 is 1.86 bits per heavy atom. The lowest BCUT2D eigenvalue weighted by Gasteiger charge is -2.30. The van der Waals surface area contributed by atoms with Crippen molar-refractivity contribution >= 4 is 23.0 Å². The highest BCUT2D eigenvalue weighted by Crippen LogP contribution is 2.39. The third-order valence-electron chi connectivity index (χ3n) is 5.00. The molecule has 1 aliphatic heterocycles. The summed E-state index contributed by atoms with van der Waals surface area (Å²) in [5.41, 5.74) is 3.99. The zero-order valence-electron chi connectivity index (χ0n) is 16.6. The van der Waals surface area contributed by atoms with Crippen molar-refractivity contribution < 1.29 is 19.0 Å². The fourth-order valence-electron chi connectivity index (χ4n) is 3.63. The van der Waals surface area contributed by atoms with E-state index in [2.05, 4.69) is 5.32 Å². The van der Waals surface area contributed by atoms with E-state index in [1.54, 1.807) is 14.2 Å². The fraction of sp³-hybridized carbons (Fsp3) is 0.273. The van der Waals surface area contributed by atoms with Crippen molar-refractivity contribution in [3.05, 3.63) is 65.4 Å². The molecule has 0 radical (unpaired) electrons. The summed E-state index contributed by atoms with van der Waals surface area (Å²) in [7, 11) is 3.20. The minimum Gasteiger partial charge on any atom is -0.497 e. The maximum atomic E-state index is 13.0. The molecule has 0 amide bonds. The van der Waals surface area contributed by atoms with Crippen molar-refractivity contribution in [3.63, 3.8) is 0 Å². The van der Waals surface area contributed by atoms with Crippen LogP contribution in [-0.4, -0.2) is 43.0 Å². The highest BCUT2D eigenvalue weighted by atomic mass is 16.6. The normalized spacial score (nSPS) is 15.8.